The van der Waals surface area contributed by atoms with Gasteiger partial charge in [-0.25, -0.2) is 0 Å². The van der Waals surface area contributed by atoms with Crippen molar-refractivity contribution in [3.05, 3.63) is 200 Å². The van der Waals surface area contributed by atoms with E-state index in [9.17, 15) is 0 Å². The summed E-state index contributed by atoms with van der Waals surface area (Å²) in [5.74, 6) is 0. The fourth-order valence-electron chi connectivity index (χ4n) is 8.15. The topological polar surface area (TPSA) is 28.4 Å². The van der Waals surface area contributed by atoms with Crippen molar-refractivity contribution >= 4 is 92.7 Å². The van der Waals surface area contributed by atoms with Crippen LogP contribution in [0.15, 0.2) is 205 Å². The number of rotatable bonds is 7. The molecule has 4 heteroatoms. The molecule has 0 amide bonds. The SMILES string of the molecule is c1ccc(-c2cccc(N(c3ccc4c(c3)oc3ccccc34)c3ccc4sc5cc(Nc6cccc(-c7cccc8ccccc78)c6)ccc5c4c3)c2)cc1. The Balaban J connectivity index is 0.983. The minimum Gasteiger partial charge on any atom is -0.456 e. The van der Waals surface area contributed by atoms with Crippen LogP contribution < -0.4 is 10.2 Å². The number of thiophene rings is 1. The fraction of sp³-hybridized carbons (Fsp3) is 0. The number of benzene rings is 9. The van der Waals surface area contributed by atoms with Crippen molar-refractivity contribution in [2.24, 2.45) is 0 Å². The molecule has 1 N–H and O–H groups in total. The van der Waals surface area contributed by atoms with Gasteiger partial charge in [-0.1, -0.05) is 121 Å². The van der Waals surface area contributed by atoms with E-state index in [0.717, 1.165) is 50.4 Å². The highest BCUT2D eigenvalue weighted by molar-refractivity contribution is 7.25. The van der Waals surface area contributed by atoms with E-state index in [2.05, 4.69) is 198 Å². The summed E-state index contributed by atoms with van der Waals surface area (Å²) >= 11 is 1.83. The third-order valence-corrected chi connectivity index (χ3v) is 11.9. The lowest BCUT2D eigenvalue weighted by Gasteiger charge is -2.26. The number of anilines is 5. The van der Waals surface area contributed by atoms with Crippen molar-refractivity contribution in [1.29, 1.82) is 0 Å². The summed E-state index contributed by atoms with van der Waals surface area (Å²) in [6, 6.07) is 71.6. The average Bonchev–Trinajstić information content (AvgIpc) is 3.81. The Morgan fingerprint density at radius 2 is 1.05 bits per heavy atom. The molecule has 0 bridgehead atoms. The molecule has 0 aliphatic rings. The van der Waals surface area contributed by atoms with E-state index < -0.39 is 0 Å². The van der Waals surface area contributed by atoms with E-state index in [1.54, 1.807) is 0 Å². The maximum Gasteiger partial charge on any atom is 0.137 e. The molecule has 0 aliphatic carbocycles. The summed E-state index contributed by atoms with van der Waals surface area (Å²) in [6.07, 6.45) is 0. The van der Waals surface area contributed by atoms with Crippen LogP contribution in [0.1, 0.15) is 0 Å². The molecule has 0 spiro atoms. The Bertz CT molecular complexity index is 3240. The molecular formula is C52H34N2OS. The zero-order valence-corrected chi connectivity index (χ0v) is 31.1. The van der Waals surface area contributed by atoms with Crippen molar-refractivity contribution < 1.29 is 4.42 Å². The average molecular weight is 735 g/mol. The largest absolute Gasteiger partial charge is 0.456 e. The lowest BCUT2D eigenvalue weighted by molar-refractivity contribution is 0.669. The second kappa shape index (κ2) is 13.3. The smallest absolute Gasteiger partial charge is 0.137 e. The molecule has 11 aromatic rings. The first-order valence-electron chi connectivity index (χ1n) is 18.9. The summed E-state index contributed by atoms with van der Waals surface area (Å²) in [7, 11) is 0. The summed E-state index contributed by atoms with van der Waals surface area (Å²) in [5, 5.41) is 10.9. The number of hydrogen-bond donors (Lipinski definition) is 1. The summed E-state index contributed by atoms with van der Waals surface area (Å²) in [6.45, 7) is 0. The van der Waals surface area contributed by atoms with Gasteiger partial charge in [0.05, 0.1) is 0 Å². The van der Waals surface area contributed by atoms with Crippen LogP contribution in [-0.4, -0.2) is 0 Å². The molecule has 9 aromatic carbocycles. The van der Waals surface area contributed by atoms with Crippen molar-refractivity contribution in [2.45, 2.75) is 0 Å². The molecule has 3 nitrogen and oxygen atoms in total. The molecule has 2 aromatic heterocycles. The summed E-state index contributed by atoms with van der Waals surface area (Å²) in [5.41, 5.74) is 11.9. The van der Waals surface area contributed by atoms with Crippen LogP contribution in [0.25, 0.3) is 75.1 Å². The van der Waals surface area contributed by atoms with Crippen molar-refractivity contribution in [3.8, 4) is 22.3 Å². The van der Waals surface area contributed by atoms with Gasteiger partial charge < -0.3 is 14.6 Å². The van der Waals surface area contributed by atoms with Crippen LogP contribution in [0.2, 0.25) is 0 Å². The molecule has 56 heavy (non-hydrogen) atoms. The Morgan fingerprint density at radius 3 is 2.00 bits per heavy atom. The zero-order chi connectivity index (χ0) is 37.0. The molecule has 0 fully saturated rings. The Morgan fingerprint density at radius 1 is 0.375 bits per heavy atom. The lowest BCUT2D eigenvalue weighted by Crippen LogP contribution is -2.09. The molecule has 0 saturated carbocycles. The maximum absolute atomic E-state index is 6.39. The molecule has 0 radical (unpaired) electrons. The molecule has 0 saturated heterocycles. The Kier molecular flexibility index (Phi) is 7.68. The van der Waals surface area contributed by atoms with Gasteiger partial charge in [0.1, 0.15) is 11.2 Å². The van der Waals surface area contributed by atoms with Gasteiger partial charge in [-0.2, -0.15) is 0 Å². The van der Waals surface area contributed by atoms with E-state index >= 15 is 0 Å². The number of para-hydroxylation sites is 1. The normalized spacial score (nSPS) is 11.6. The molecule has 0 aliphatic heterocycles. The highest BCUT2D eigenvalue weighted by Gasteiger charge is 2.18. The van der Waals surface area contributed by atoms with Gasteiger partial charge in [-0.15, -0.1) is 11.3 Å². The Hall–Kier alpha value is -7.14. The van der Waals surface area contributed by atoms with Crippen molar-refractivity contribution in [3.63, 3.8) is 0 Å². The maximum atomic E-state index is 6.39. The first-order valence-corrected chi connectivity index (χ1v) is 19.7. The molecule has 11 rings (SSSR count). The number of nitrogens with zero attached hydrogens (tertiary/aromatic N) is 1. The zero-order valence-electron chi connectivity index (χ0n) is 30.3. The molecular weight excluding hydrogens is 701 g/mol. The monoisotopic (exact) mass is 734 g/mol. The van der Waals surface area contributed by atoms with Crippen LogP contribution in [-0.2, 0) is 0 Å². The van der Waals surface area contributed by atoms with Gasteiger partial charge in [0.2, 0.25) is 0 Å². The van der Waals surface area contributed by atoms with Crippen LogP contribution in [0.3, 0.4) is 0 Å². The van der Waals surface area contributed by atoms with E-state index in [-0.39, 0.29) is 0 Å². The third kappa shape index (κ3) is 5.67. The van der Waals surface area contributed by atoms with Gasteiger partial charge >= 0.3 is 0 Å². The van der Waals surface area contributed by atoms with E-state index in [0.29, 0.717) is 0 Å². The van der Waals surface area contributed by atoms with E-state index in [1.165, 1.54) is 53.2 Å². The fourth-order valence-corrected chi connectivity index (χ4v) is 9.27. The second-order valence-electron chi connectivity index (χ2n) is 14.3. The molecule has 2 heterocycles. The number of furan rings is 1. The molecule has 264 valence electrons. The quantitative estimate of drug-likeness (QED) is 0.177. The van der Waals surface area contributed by atoms with Gasteiger partial charge in [0, 0.05) is 65.4 Å². The minimum absolute atomic E-state index is 0.873. The number of hydrogen-bond acceptors (Lipinski definition) is 4. The van der Waals surface area contributed by atoms with E-state index in [4.69, 9.17) is 4.42 Å². The van der Waals surface area contributed by atoms with E-state index in [1.807, 2.05) is 23.5 Å². The summed E-state index contributed by atoms with van der Waals surface area (Å²) in [4.78, 5) is 2.35. The second-order valence-corrected chi connectivity index (χ2v) is 15.3. The van der Waals surface area contributed by atoms with Crippen LogP contribution in [0, 0.1) is 0 Å². The highest BCUT2D eigenvalue weighted by Crippen LogP contribution is 2.43. The van der Waals surface area contributed by atoms with Crippen LogP contribution in [0.5, 0.6) is 0 Å². The number of nitrogens with one attached hydrogen (secondary N) is 1. The van der Waals surface area contributed by atoms with Crippen LogP contribution >= 0.6 is 11.3 Å². The van der Waals surface area contributed by atoms with Gasteiger partial charge in [-0.05, 0) is 106 Å². The third-order valence-electron chi connectivity index (χ3n) is 10.8. The predicted molar refractivity (Wildman–Crippen MR) is 239 cm³/mol. The standard InChI is InChI=1S/C52H34N2OS/c1-2-11-34(12-3-1)36-15-9-18-40(30-36)54(42-24-27-46-45-20-6-7-22-49(45)55-50(46)33-42)41-25-28-51-48(32-41)47-26-23-39(31-52(47)56-51)53-38-17-8-16-37(29-38)44-21-10-14-35-13-4-5-19-43(35)44/h1-33,53H. The number of fused-ring (bicyclic) bond motifs is 7. The predicted octanol–water partition coefficient (Wildman–Crippen LogP) is 15.7. The van der Waals surface area contributed by atoms with Crippen molar-refractivity contribution in [1.82, 2.24) is 0 Å². The highest BCUT2D eigenvalue weighted by atomic mass is 32.1. The first-order chi connectivity index (χ1) is 27.7. The lowest BCUT2D eigenvalue weighted by atomic mass is 9.98. The summed E-state index contributed by atoms with van der Waals surface area (Å²) < 4.78 is 8.89. The Labute approximate surface area is 328 Å². The van der Waals surface area contributed by atoms with Crippen molar-refractivity contribution in [2.75, 3.05) is 10.2 Å². The van der Waals surface area contributed by atoms with Gasteiger partial charge in [-0.3, -0.25) is 0 Å². The van der Waals surface area contributed by atoms with Gasteiger partial charge in [0.25, 0.3) is 0 Å². The molecule has 0 atom stereocenters. The molecule has 0 unspecified atom stereocenters. The minimum atomic E-state index is 0.873. The van der Waals surface area contributed by atoms with Gasteiger partial charge in [0.15, 0.2) is 0 Å². The first kappa shape index (κ1) is 32.3. The van der Waals surface area contributed by atoms with Crippen LogP contribution in [0.4, 0.5) is 28.4 Å².